The molecule has 0 radical (unpaired) electrons. The first-order chi connectivity index (χ1) is 14.0. The maximum Gasteiger partial charge on any atom is 0.0507 e. The summed E-state index contributed by atoms with van der Waals surface area (Å²) < 4.78 is 0. The van der Waals surface area contributed by atoms with E-state index in [-0.39, 0.29) is 0 Å². The second kappa shape index (κ2) is 8.16. The number of nitrogens with one attached hydrogen (secondary N) is 2. The molecule has 1 saturated heterocycles. The van der Waals surface area contributed by atoms with E-state index < -0.39 is 0 Å². The third kappa shape index (κ3) is 3.76. The van der Waals surface area contributed by atoms with Gasteiger partial charge in [0.15, 0.2) is 0 Å². The van der Waals surface area contributed by atoms with Crippen LogP contribution in [0, 0.1) is 13.8 Å². The fourth-order valence-corrected chi connectivity index (χ4v) is 4.87. The highest BCUT2D eigenvalue weighted by Crippen LogP contribution is 2.39. The fourth-order valence-electron chi connectivity index (χ4n) is 4.87. The molecule has 3 heterocycles. The molecule has 0 atom stereocenters. The molecule has 29 heavy (non-hydrogen) atoms. The molecule has 4 rings (SSSR count). The Hall–Kier alpha value is -2.39. The van der Waals surface area contributed by atoms with Crippen LogP contribution in [0.15, 0.2) is 30.3 Å². The van der Waals surface area contributed by atoms with E-state index in [0.29, 0.717) is 11.8 Å². The molecule has 1 aliphatic heterocycles. The van der Waals surface area contributed by atoms with Gasteiger partial charge >= 0.3 is 0 Å². The number of hydrogen-bond acceptors (Lipinski definition) is 2. The summed E-state index contributed by atoms with van der Waals surface area (Å²) in [6, 6.07) is 9.31. The Morgan fingerprint density at radius 1 is 1.10 bits per heavy atom. The van der Waals surface area contributed by atoms with Gasteiger partial charge in [-0.3, -0.25) is 4.98 Å². The molecule has 152 valence electrons. The van der Waals surface area contributed by atoms with Crippen molar-refractivity contribution >= 4 is 17.0 Å². The van der Waals surface area contributed by atoms with Crippen molar-refractivity contribution in [3.63, 3.8) is 0 Å². The molecule has 0 amide bonds. The number of aryl methyl sites for hydroxylation is 2. The number of aromatic nitrogens is 2. The largest absolute Gasteiger partial charge is 0.354 e. The molecular formula is C26H33N3. The average Bonchev–Trinajstić information content (AvgIpc) is 3.09. The van der Waals surface area contributed by atoms with E-state index in [9.17, 15) is 0 Å². The van der Waals surface area contributed by atoms with Gasteiger partial charge in [-0.15, -0.1) is 0 Å². The number of benzene rings is 1. The van der Waals surface area contributed by atoms with Crippen molar-refractivity contribution in [1.82, 2.24) is 15.3 Å². The van der Waals surface area contributed by atoms with Gasteiger partial charge in [0.25, 0.3) is 0 Å². The Balaban J connectivity index is 1.93. The molecule has 2 aromatic heterocycles. The van der Waals surface area contributed by atoms with Crippen molar-refractivity contribution in [2.45, 2.75) is 59.3 Å². The Labute approximate surface area is 174 Å². The van der Waals surface area contributed by atoms with E-state index in [1.54, 1.807) is 0 Å². The maximum atomic E-state index is 4.71. The molecule has 3 aromatic rings. The van der Waals surface area contributed by atoms with E-state index >= 15 is 0 Å². The fraction of sp³-hybridized carbons (Fsp3) is 0.423. The molecule has 0 aliphatic carbocycles. The van der Waals surface area contributed by atoms with Gasteiger partial charge in [0.1, 0.15) is 0 Å². The summed E-state index contributed by atoms with van der Waals surface area (Å²) in [6.07, 6.45) is 6.75. The third-order valence-corrected chi connectivity index (χ3v) is 6.23. The standard InChI is InChI=1S/C26H33N3/c1-6-7-21-18(5)28-17(4)14-22(21)26-25(16(2)3)23-15-20(8-9-24(23)29-26)19-10-12-27-13-11-19/h6-9,14-16,19,27,29H,10-13H2,1-5H3/b7-6+. The predicted molar refractivity (Wildman–Crippen MR) is 125 cm³/mol. The zero-order chi connectivity index (χ0) is 20.5. The summed E-state index contributed by atoms with van der Waals surface area (Å²) in [7, 11) is 0. The van der Waals surface area contributed by atoms with Gasteiger partial charge in [0, 0.05) is 33.4 Å². The van der Waals surface area contributed by atoms with Gasteiger partial charge in [-0.05, 0) is 87.9 Å². The summed E-state index contributed by atoms with van der Waals surface area (Å²) in [5.74, 6) is 1.11. The van der Waals surface area contributed by atoms with E-state index in [0.717, 1.165) is 24.5 Å². The van der Waals surface area contributed by atoms with Crippen molar-refractivity contribution < 1.29 is 0 Å². The number of aromatic amines is 1. The predicted octanol–water partition coefficient (Wildman–Crippen LogP) is 6.47. The Morgan fingerprint density at radius 3 is 2.55 bits per heavy atom. The second-order valence-electron chi connectivity index (χ2n) is 8.71. The summed E-state index contributed by atoms with van der Waals surface area (Å²) in [5.41, 5.74) is 10.0. The third-order valence-electron chi connectivity index (χ3n) is 6.23. The summed E-state index contributed by atoms with van der Waals surface area (Å²) in [4.78, 5) is 8.48. The number of rotatable bonds is 4. The molecular weight excluding hydrogens is 354 g/mol. The van der Waals surface area contributed by atoms with Crippen LogP contribution in [0.2, 0.25) is 0 Å². The van der Waals surface area contributed by atoms with Crippen LogP contribution in [0.1, 0.15) is 73.5 Å². The minimum atomic E-state index is 0.439. The molecule has 3 heteroatoms. The average molecular weight is 388 g/mol. The SMILES string of the molecule is C/C=C/c1c(-c2[nH]c3ccc(C4CCNCC4)cc3c2C(C)C)cc(C)nc1C. The molecule has 2 N–H and O–H groups in total. The van der Waals surface area contributed by atoms with Crippen LogP contribution < -0.4 is 5.32 Å². The number of nitrogens with zero attached hydrogens (tertiary/aromatic N) is 1. The zero-order valence-corrected chi connectivity index (χ0v) is 18.4. The number of pyridine rings is 1. The van der Waals surface area contributed by atoms with Crippen molar-refractivity contribution in [2.75, 3.05) is 13.1 Å². The van der Waals surface area contributed by atoms with Crippen LogP contribution in [0.3, 0.4) is 0 Å². The minimum absolute atomic E-state index is 0.439. The Bertz CT molecular complexity index is 1050. The monoisotopic (exact) mass is 387 g/mol. The highest BCUT2D eigenvalue weighted by molar-refractivity contribution is 5.93. The van der Waals surface area contributed by atoms with Gasteiger partial charge in [-0.1, -0.05) is 32.1 Å². The van der Waals surface area contributed by atoms with E-state index in [1.165, 1.54) is 51.7 Å². The van der Waals surface area contributed by atoms with Crippen molar-refractivity contribution in [3.05, 3.63) is 58.4 Å². The lowest BCUT2D eigenvalue weighted by atomic mass is 9.88. The van der Waals surface area contributed by atoms with Crippen LogP contribution in [0.4, 0.5) is 0 Å². The lowest BCUT2D eigenvalue weighted by Gasteiger charge is -2.23. The number of hydrogen-bond donors (Lipinski definition) is 2. The van der Waals surface area contributed by atoms with E-state index in [2.05, 4.69) is 81.3 Å². The number of allylic oxidation sites excluding steroid dienone is 1. The van der Waals surface area contributed by atoms with Crippen molar-refractivity contribution in [2.24, 2.45) is 0 Å². The first-order valence-corrected chi connectivity index (χ1v) is 11.0. The maximum absolute atomic E-state index is 4.71. The van der Waals surface area contributed by atoms with Crippen molar-refractivity contribution in [1.29, 1.82) is 0 Å². The van der Waals surface area contributed by atoms with Gasteiger partial charge in [0.05, 0.1) is 5.69 Å². The molecule has 1 fully saturated rings. The molecule has 0 spiro atoms. The summed E-state index contributed by atoms with van der Waals surface area (Å²) in [6.45, 7) is 13.1. The smallest absolute Gasteiger partial charge is 0.0507 e. The molecule has 1 aliphatic rings. The lowest BCUT2D eigenvalue weighted by molar-refractivity contribution is 0.460. The Kier molecular flexibility index (Phi) is 5.60. The normalized spacial score (nSPS) is 15.8. The van der Waals surface area contributed by atoms with Crippen LogP contribution in [-0.2, 0) is 0 Å². The molecule has 1 aromatic carbocycles. The highest BCUT2D eigenvalue weighted by Gasteiger charge is 2.21. The molecule has 0 saturated carbocycles. The number of H-pyrrole nitrogens is 1. The van der Waals surface area contributed by atoms with Crippen LogP contribution in [0.5, 0.6) is 0 Å². The lowest BCUT2D eigenvalue weighted by Crippen LogP contribution is -2.26. The Morgan fingerprint density at radius 2 is 1.86 bits per heavy atom. The van der Waals surface area contributed by atoms with E-state index in [1.807, 2.05) is 0 Å². The summed E-state index contributed by atoms with van der Waals surface area (Å²) >= 11 is 0. The van der Waals surface area contributed by atoms with E-state index in [4.69, 9.17) is 4.98 Å². The number of fused-ring (bicyclic) bond motifs is 1. The quantitative estimate of drug-likeness (QED) is 0.538. The molecule has 3 nitrogen and oxygen atoms in total. The summed E-state index contributed by atoms with van der Waals surface area (Å²) in [5, 5.41) is 4.87. The highest BCUT2D eigenvalue weighted by atomic mass is 14.9. The topological polar surface area (TPSA) is 40.7 Å². The van der Waals surface area contributed by atoms with Crippen molar-refractivity contribution in [3.8, 4) is 11.3 Å². The molecule has 0 bridgehead atoms. The first kappa shape index (κ1) is 19.9. The zero-order valence-electron chi connectivity index (χ0n) is 18.4. The minimum Gasteiger partial charge on any atom is -0.354 e. The number of piperidine rings is 1. The molecule has 0 unspecified atom stereocenters. The first-order valence-electron chi connectivity index (χ1n) is 11.0. The second-order valence-corrected chi connectivity index (χ2v) is 8.71. The van der Waals surface area contributed by atoms with Crippen LogP contribution in [0.25, 0.3) is 28.2 Å². The van der Waals surface area contributed by atoms with Crippen LogP contribution >= 0.6 is 0 Å². The van der Waals surface area contributed by atoms with Gasteiger partial charge in [0.2, 0.25) is 0 Å². The van der Waals surface area contributed by atoms with Crippen LogP contribution in [-0.4, -0.2) is 23.1 Å². The van der Waals surface area contributed by atoms with Gasteiger partial charge in [-0.2, -0.15) is 0 Å². The van der Waals surface area contributed by atoms with Gasteiger partial charge in [-0.25, -0.2) is 0 Å². The van der Waals surface area contributed by atoms with Gasteiger partial charge < -0.3 is 10.3 Å².